The number of aromatic amines is 2. The first-order valence-electron chi connectivity index (χ1n) is 8.69. The van der Waals surface area contributed by atoms with Gasteiger partial charge in [-0.25, -0.2) is 0 Å². The van der Waals surface area contributed by atoms with Gasteiger partial charge in [-0.3, -0.25) is 0 Å². The van der Waals surface area contributed by atoms with Crippen LogP contribution < -0.4 is 14.8 Å². The SMILES string of the molecule is COc1ccc(C2C3=C(CCCC3)Nc3[nH]c(=S)[nH]c(=S)c32)cc1OC. The summed E-state index contributed by atoms with van der Waals surface area (Å²) in [6, 6.07) is 6.10. The Morgan fingerprint density at radius 1 is 1.00 bits per heavy atom. The molecule has 136 valence electrons. The van der Waals surface area contributed by atoms with E-state index in [0.29, 0.717) is 9.41 Å². The van der Waals surface area contributed by atoms with Crippen molar-refractivity contribution in [1.82, 2.24) is 9.97 Å². The zero-order valence-corrected chi connectivity index (χ0v) is 16.4. The molecule has 0 bridgehead atoms. The zero-order valence-electron chi connectivity index (χ0n) is 14.8. The Kier molecular flexibility index (Phi) is 4.58. The summed E-state index contributed by atoms with van der Waals surface area (Å²) in [5.41, 5.74) is 4.88. The average Bonchev–Trinajstić information content (AvgIpc) is 2.65. The van der Waals surface area contributed by atoms with E-state index in [1.807, 2.05) is 12.1 Å². The fourth-order valence-corrected chi connectivity index (χ4v) is 4.58. The number of benzene rings is 1. The molecule has 0 amide bonds. The lowest BCUT2D eigenvalue weighted by atomic mass is 9.77. The smallest absolute Gasteiger partial charge is 0.177 e. The van der Waals surface area contributed by atoms with Crippen LogP contribution in [0, 0.1) is 9.41 Å². The number of ether oxygens (including phenoxy) is 2. The van der Waals surface area contributed by atoms with Crippen molar-refractivity contribution in [2.75, 3.05) is 19.5 Å². The Balaban J connectivity index is 1.95. The quantitative estimate of drug-likeness (QED) is 0.632. The minimum atomic E-state index is 0.0805. The maximum absolute atomic E-state index is 5.65. The second-order valence-corrected chi connectivity index (χ2v) is 7.40. The summed E-state index contributed by atoms with van der Waals surface area (Å²) >= 11 is 10.9. The summed E-state index contributed by atoms with van der Waals surface area (Å²) in [6.45, 7) is 0. The van der Waals surface area contributed by atoms with Gasteiger partial charge in [0.2, 0.25) is 0 Å². The van der Waals surface area contributed by atoms with Gasteiger partial charge < -0.3 is 24.8 Å². The predicted octanol–water partition coefficient (Wildman–Crippen LogP) is 5.20. The number of methoxy groups -OCH3 is 2. The van der Waals surface area contributed by atoms with Gasteiger partial charge in [0, 0.05) is 17.2 Å². The fourth-order valence-electron chi connectivity index (χ4n) is 3.99. The molecule has 1 aliphatic carbocycles. The Morgan fingerprint density at radius 2 is 1.77 bits per heavy atom. The van der Waals surface area contributed by atoms with Crippen LogP contribution in [-0.2, 0) is 0 Å². The van der Waals surface area contributed by atoms with Crippen molar-refractivity contribution in [3.05, 3.63) is 50.0 Å². The number of allylic oxidation sites excluding steroid dienone is 2. The van der Waals surface area contributed by atoms with Crippen LogP contribution in [0.3, 0.4) is 0 Å². The van der Waals surface area contributed by atoms with Crippen molar-refractivity contribution < 1.29 is 9.47 Å². The molecule has 0 radical (unpaired) electrons. The molecule has 0 fully saturated rings. The van der Waals surface area contributed by atoms with Gasteiger partial charge in [0.25, 0.3) is 0 Å². The van der Waals surface area contributed by atoms with E-state index >= 15 is 0 Å². The first-order chi connectivity index (χ1) is 12.6. The van der Waals surface area contributed by atoms with Crippen LogP contribution in [0.1, 0.15) is 42.7 Å². The van der Waals surface area contributed by atoms with Gasteiger partial charge >= 0.3 is 0 Å². The Labute approximate surface area is 162 Å². The minimum absolute atomic E-state index is 0.0805. The van der Waals surface area contributed by atoms with E-state index in [0.717, 1.165) is 41.3 Å². The number of fused-ring (bicyclic) bond motifs is 1. The van der Waals surface area contributed by atoms with Gasteiger partial charge in [0.05, 0.1) is 14.2 Å². The molecule has 2 aliphatic rings. The normalized spacial score (nSPS) is 18.6. The summed E-state index contributed by atoms with van der Waals surface area (Å²) in [5.74, 6) is 2.43. The lowest BCUT2D eigenvalue weighted by Gasteiger charge is -2.34. The van der Waals surface area contributed by atoms with Gasteiger partial charge in [-0.2, -0.15) is 0 Å². The van der Waals surface area contributed by atoms with Crippen LogP contribution >= 0.6 is 24.4 Å². The van der Waals surface area contributed by atoms with Crippen LogP contribution in [0.25, 0.3) is 0 Å². The molecule has 26 heavy (non-hydrogen) atoms. The van der Waals surface area contributed by atoms with Crippen molar-refractivity contribution in [3.8, 4) is 11.5 Å². The highest BCUT2D eigenvalue weighted by atomic mass is 32.1. The maximum atomic E-state index is 5.65. The molecule has 1 aromatic carbocycles. The third-order valence-electron chi connectivity index (χ3n) is 5.14. The summed E-state index contributed by atoms with van der Waals surface area (Å²) in [5, 5.41) is 3.55. The Bertz CT molecular complexity index is 1010. The van der Waals surface area contributed by atoms with Crippen molar-refractivity contribution in [2.45, 2.75) is 31.6 Å². The molecule has 4 rings (SSSR count). The molecule has 3 N–H and O–H groups in total. The van der Waals surface area contributed by atoms with Crippen LogP contribution in [0.2, 0.25) is 0 Å². The molecule has 0 spiro atoms. The third kappa shape index (κ3) is 2.85. The monoisotopic (exact) mass is 387 g/mol. The van der Waals surface area contributed by atoms with E-state index in [1.54, 1.807) is 14.2 Å². The maximum Gasteiger partial charge on any atom is 0.177 e. The largest absolute Gasteiger partial charge is 0.493 e. The molecule has 5 nitrogen and oxygen atoms in total. The van der Waals surface area contributed by atoms with Crippen LogP contribution in [0.15, 0.2) is 29.5 Å². The van der Waals surface area contributed by atoms with Crippen molar-refractivity contribution in [2.24, 2.45) is 0 Å². The zero-order chi connectivity index (χ0) is 18.3. The number of hydrogen-bond donors (Lipinski definition) is 3. The minimum Gasteiger partial charge on any atom is -0.493 e. The first kappa shape index (κ1) is 17.3. The van der Waals surface area contributed by atoms with E-state index < -0.39 is 0 Å². The Hall–Kier alpha value is -2.12. The summed E-state index contributed by atoms with van der Waals surface area (Å²) < 4.78 is 12.1. The molecule has 1 aliphatic heterocycles. The lowest BCUT2D eigenvalue weighted by Crippen LogP contribution is -2.23. The van der Waals surface area contributed by atoms with Crippen molar-refractivity contribution >= 4 is 30.3 Å². The molecular weight excluding hydrogens is 366 g/mol. The highest BCUT2D eigenvalue weighted by molar-refractivity contribution is 7.72. The molecule has 0 saturated heterocycles. The molecule has 2 aromatic rings. The van der Waals surface area contributed by atoms with E-state index in [9.17, 15) is 0 Å². The van der Waals surface area contributed by atoms with Crippen molar-refractivity contribution in [1.29, 1.82) is 0 Å². The van der Waals surface area contributed by atoms with E-state index in [1.165, 1.54) is 24.1 Å². The molecule has 1 unspecified atom stereocenters. The van der Waals surface area contributed by atoms with E-state index in [4.69, 9.17) is 33.9 Å². The highest BCUT2D eigenvalue weighted by Gasteiger charge is 2.32. The van der Waals surface area contributed by atoms with Gasteiger partial charge in [0.15, 0.2) is 16.3 Å². The molecular formula is C19H21N3O2S2. The standard InChI is InChI=1S/C19H21N3O2S2/c1-23-13-8-7-10(9-14(13)24-2)15-11-5-3-4-6-12(11)20-17-16(15)18(25)22-19(26)21-17/h7-9,15H,3-6H2,1-2H3,(H3,20,21,22,25,26). The second-order valence-electron chi connectivity index (χ2n) is 6.58. The van der Waals surface area contributed by atoms with Crippen LogP contribution in [-0.4, -0.2) is 24.2 Å². The molecule has 2 heterocycles. The number of hydrogen-bond acceptors (Lipinski definition) is 5. The van der Waals surface area contributed by atoms with Gasteiger partial charge in [-0.1, -0.05) is 18.3 Å². The third-order valence-corrected chi connectivity index (χ3v) is 5.67. The van der Waals surface area contributed by atoms with Crippen LogP contribution in [0.4, 0.5) is 5.82 Å². The van der Waals surface area contributed by atoms with Gasteiger partial charge in [-0.05, 0) is 61.2 Å². The molecule has 1 aromatic heterocycles. The lowest BCUT2D eigenvalue weighted by molar-refractivity contribution is 0.354. The Morgan fingerprint density at radius 3 is 2.54 bits per heavy atom. The second kappa shape index (κ2) is 6.89. The fraction of sp³-hybridized carbons (Fsp3) is 0.368. The van der Waals surface area contributed by atoms with E-state index in [-0.39, 0.29) is 5.92 Å². The summed E-state index contributed by atoms with van der Waals surface area (Å²) in [6.07, 6.45) is 4.49. The number of rotatable bonds is 3. The molecule has 1 atom stereocenters. The van der Waals surface area contributed by atoms with E-state index in [2.05, 4.69) is 21.4 Å². The predicted molar refractivity (Wildman–Crippen MR) is 107 cm³/mol. The average molecular weight is 388 g/mol. The van der Waals surface area contributed by atoms with Crippen molar-refractivity contribution in [3.63, 3.8) is 0 Å². The van der Waals surface area contributed by atoms with Gasteiger partial charge in [-0.15, -0.1) is 0 Å². The summed E-state index contributed by atoms with van der Waals surface area (Å²) in [4.78, 5) is 6.34. The molecule has 0 saturated carbocycles. The number of anilines is 1. The summed E-state index contributed by atoms with van der Waals surface area (Å²) in [7, 11) is 3.31. The number of H-pyrrole nitrogens is 2. The first-order valence-corrected chi connectivity index (χ1v) is 9.51. The number of nitrogens with one attached hydrogen (secondary N) is 3. The van der Waals surface area contributed by atoms with Gasteiger partial charge in [0.1, 0.15) is 10.5 Å². The molecule has 7 heteroatoms. The van der Waals surface area contributed by atoms with Crippen LogP contribution in [0.5, 0.6) is 11.5 Å². The topological polar surface area (TPSA) is 62.1 Å². The highest BCUT2D eigenvalue weighted by Crippen LogP contribution is 2.47. The number of aromatic nitrogens is 2.